The van der Waals surface area contributed by atoms with Crippen LogP contribution in [0.5, 0.6) is 0 Å². The minimum atomic E-state index is -0.126. The van der Waals surface area contributed by atoms with Crippen LogP contribution in [0.2, 0.25) is 0 Å². The lowest BCUT2D eigenvalue weighted by Gasteiger charge is -2.29. The molecule has 1 saturated carbocycles. The average molecular weight is 224 g/mol. The Morgan fingerprint density at radius 3 is 2.33 bits per heavy atom. The van der Waals surface area contributed by atoms with E-state index < -0.39 is 0 Å². The molecule has 15 heavy (non-hydrogen) atoms. The predicted molar refractivity (Wildman–Crippen MR) is 65.0 cm³/mol. The summed E-state index contributed by atoms with van der Waals surface area (Å²) in [6.07, 6.45) is 8.80. The number of rotatable bonds is 1. The van der Waals surface area contributed by atoms with E-state index >= 15 is 0 Å². The van der Waals surface area contributed by atoms with Gasteiger partial charge in [0.05, 0.1) is 5.54 Å². The predicted octanol–water partition coefficient (Wildman–Crippen LogP) is 3.35. The van der Waals surface area contributed by atoms with Gasteiger partial charge in [-0.05, 0) is 19.8 Å². The number of aromatic nitrogens is 1. The summed E-state index contributed by atoms with van der Waals surface area (Å²) in [6.45, 7) is 2.05. The third-order valence-corrected chi connectivity index (χ3v) is 4.47. The maximum Gasteiger partial charge on any atom is 0.113 e. The standard InChI is InChI=1S/C12H20N2S/c1-10-9-15-11(14-10)12(13)7-5-3-2-4-6-8-12/h9H,2-8,13H2,1H3. The first-order valence-corrected chi connectivity index (χ1v) is 6.80. The van der Waals surface area contributed by atoms with Crippen molar-refractivity contribution >= 4 is 11.3 Å². The van der Waals surface area contributed by atoms with E-state index in [4.69, 9.17) is 5.73 Å². The summed E-state index contributed by atoms with van der Waals surface area (Å²) in [7, 11) is 0. The molecule has 1 aliphatic rings. The van der Waals surface area contributed by atoms with Crippen molar-refractivity contribution in [2.45, 2.75) is 57.4 Å². The van der Waals surface area contributed by atoms with Gasteiger partial charge in [0.25, 0.3) is 0 Å². The number of nitrogens with two attached hydrogens (primary N) is 1. The third kappa shape index (κ3) is 2.58. The summed E-state index contributed by atoms with van der Waals surface area (Å²) < 4.78 is 0. The van der Waals surface area contributed by atoms with Crippen molar-refractivity contribution in [3.8, 4) is 0 Å². The molecule has 1 fully saturated rings. The van der Waals surface area contributed by atoms with Crippen molar-refractivity contribution in [3.05, 3.63) is 16.1 Å². The Kier molecular flexibility index (Phi) is 3.42. The molecule has 1 aliphatic carbocycles. The topological polar surface area (TPSA) is 38.9 Å². The Labute approximate surface area is 95.9 Å². The Balaban J connectivity index is 2.15. The van der Waals surface area contributed by atoms with Crippen LogP contribution in [-0.4, -0.2) is 4.98 Å². The molecule has 2 nitrogen and oxygen atoms in total. The highest BCUT2D eigenvalue weighted by Gasteiger charge is 2.30. The van der Waals surface area contributed by atoms with E-state index in [0.29, 0.717) is 0 Å². The molecule has 0 aromatic carbocycles. The van der Waals surface area contributed by atoms with Crippen LogP contribution in [0.25, 0.3) is 0 Å². The molecule has 0 amide bonds. The fourth-order valence-electron chi connectivity index (χ4n) is 2.33. The normalized spacial score (nSPS) is 22.0. The summed E-state index contributed by atoms with van der Waals surface area (Å²) in [5.74, 6) is 0. The molecule has 2 N–H and O–H groups in total. The first-order chi connectivity index (χ1) is 7.21. The Morgan fingerprint density at radius 2 is 1.80 bits per heavy atom. The third-order valence-electron chi connectivity index (χ3n) is 3.29. The van der Waals surface area contributed by atoms with E-state index in [2.05, 4.69) is 10.4 Å². The van der Waals surface area contributed by atoms with Crippen LogP contribution in [0.1, 0.15) is 55.6 Å². The van der Waals surface area contributed by atoms with E-state index in [1.807, 2.05) is 6.92 Å². The lowest BCUT2D eigenvalue weighted by molar-refractivity contribution is 0.322. The molecule has 1 aromatic heterocycles. The van der Waals surface area contributed by atoms with Crippen molar-refractivity contribution in [1.82, 2.24) is 4.98 Å². The van der Waals surface area contributed by atoms with Gasteiger partial charge in [-0.2, -0.15) is 0 Å². The van der Waals surface area contributed by atoms with Crippen LogP contribution in [-0.2, 0) is 5.54 Å². The van der Waals surface area contributed by atoms with E-state index in [0.717, 1.165) is 23.5 Å². The minimum Gasteiger partial charge on any atom is -0.319 e. The second kappa shape index (κ2) is 4.62. The molecule has 0 spiro atoms. The number of aryl methyl sites for hydroxylation is 1. The van der Waals surface area contributed by atoms with E-state index in [1.54, 1.807) is 11.3 Å². The lowest BCUT2D eigenvalue weighted by Crippen LogP contribution is -2.37. The van der Waals surface area contributed by atoms with Crippen molar-refractivity contribution in [2.24, 2.45) is 5.73 Å². The fraction of sp³-hybridized carbons (Fsp3) is 0.750. The molecule has 1 aromatic rings. The summed E-state index contributed by atoms with van der Waals surface area (Å²) in [5.41, 5.74) is 7.50. The maximum atomic E-state index is 6.51. The van der Waals surface area contributed by atoms with Crippen molar-refractivity contribution in [3.63, 3.8) is 0 Å². The number of hydrogen-bond acceptors (Lipinski definition) is 3. The second-order valence-electron chi connectivity index (χ2n) is 4.72. The fourth-order valence-corrected chi connectivity index (χ4v) is 3.30. The molecule has 3 heteroatoms. The Morgan fingerprint density at radius 1 is 1.20 bits per heavy atom. The van der Waals surface area contributed by atoms with Crippen LogP contribution in [0, 0.1) is 6.92 Å². The lowest BCUT2D eigenvalue weighted by atomic mass is 9.85. The quantitative estimate of drug-likeness (QED) is 0.794. The van der Waals surface area contributed by atoms with Gasteiger partial charge in [-0.15, -0.1) is 11.3 Å². The number of hydrogen-bond donors (Lipinski definition) is 1. The Bertz CT molecular complexity index is 311. The molecule has 0 saturated heterocycles. The van der Waals surface area contributed by atoms with Gasteiger partial charge in [-0.1, -0.05) is 32.1 Å². The van der Waals surface area contributed by atoms with Gasteiger partial charge >= 0.3 is 0 Å². The smallest absolute Gasteiger partial charge is 0.113 e. The van der Waals surface area contributed by atoms with E-state index in [-0.39, 0.29) is 5.54 Å². The van der Waals surface area contributed by atoms with E-state index in [1.165, 1.54) is 32.1 Å². The summed E-state index contributed by atoms with van der Waals surface area (Å²) in [5, 5.41) is 3.27. The van der Waals surface area contributed by atoms with Gasteiger partial charge in [-0.25, -0.2) is 4.98 Å². The Hall–Kier alpha value is -0.410. The molecule has 0 atom stereocenters. The molecule has 84 valence electrons. The molecule has 0 unspecified atom stereocenters. The zero-order chi connectivity index (χ0) is 10.7. The largest absolute Gasteiger partial charge is 0.319 e. The molecule has 0 bridgehead atoms. The minimum absolute atomic E-state index is 0.126. The van der Waals surface area contributed by atoms with Gasteiger partial charge < -0.3 is 5.73 Å². The van der Waals surface area contributed by atoms with Crippen molar-refractivity contribution < 1.29 is 0 Å². The maximum absolute atomic E-state index is 6.51. The highest BCUT2D eigenvalue weighted by molar-refractivity contribution is 7.09. The van der Waals surface area contributed by atoms with Crippen LogP contribution in [0.4, 0.5) is 0 Å². The van der Waals surface area contributed by atoms with Gasteiger partial charge in [0, 0.05) is 11.1 Å². The van der Waals surface area contributed by atoms with Crippen LogP contribution < -0.4 is 5.73 Å². The molecule has 1 heterocycles. The van der Waals surface area contributed by atoms with Gasteiger partial charge in [-0.3, -0.25) is 0 Å². The molecular weight excluding hydrogens is 204 g/mol. The summed E-state index contributed by atoms with van der Waals surface area (Å²) in [4.78, 5) is 4.57. The molecule has 0 radical (unpaired) electrons. The summed E-state index contributed by atoms with van der Waals surface area (Å²) >= 11 is 1.73. The average Bonchev–Trinajstić information content (AvgIpc) is 2.59. The number of nitrogens with zero attached hydrogens (tertiary/aromatic N) is 1. The zero-order valence-electron chi connectivity index (χ0n) is 9.46. The number of thiazole rings is 1. The van der Waals surface area contributed by atoms with Crippen LogP contribution >= 0.6 is 11.3 Å². The van der Waals surface area contributed by atoms with Crippen LogP contribution in [0.15, 0.2) is 5.38 Å². The van der Waals surface area contributed by atoms with Gasteiger partial charge in [0.15, 0.2) is 0 Å². The molecule has 2 rings (SSSR count). The molecule has 0 aliphatic heterocycles. The summed E-state index contributed by atoms with van der Waals surface area (Å²) in [6, 6.07) is 0. The van der Waals surface area contributed by atoms with Gasteiger partial charge in [0.1, 0.15) is 5.01 Å². The van der Waals surface area contributed by atoms with E-state index in [9.17, 15) is 0 Å². The highest BCUT2D eigenvalue weighted by Crippen LogP contribution is 2.34. The SMILES string of the molecule is Cc1csc(C2(N)CCCCCCC2)n1. The zero-order valence-corrected chi connectivity index (χ0v) is 10.3. The highest BCUT2D eigenvalue weighted by atomic mass is 32.1. The first kappa shape index (κ1) is 11.1. The van der Waals surface area contributed by atoms with Crippen LogP contribution in [0.3, 0.4) is 0 Å². The second-order valence-corrected chi connectivity index (χ2v) is 5.58. The van der Waals surface area contributed by atoms with Crippen molar-refractivity contribution in [2.75, 3.05) is 0 Å². The molecular formula is C12H20N2S. The van der Waals surface area contributed by atoms with Crippen molar-refractivity contribution in [1.29, 1.82) is 0 Å². The van der Waals surface area contributed by atoms with Gasteiger partial charge in [0.2, 0.25) is 0 Å². The monoisotopic (exact) mass is 224 g/mol. The first-order valence-electron chi connectivity index (χ1n) is 5.92.